The van der Waals surface area contributed by atoms with Crippen LogP contribution in [0.3, 0.4) is 0 Å². The van der Waals surface area contributed by atoms with Crippen LogP contribution < -0.4 is 5.73 Å². The topological polar surface area (TPSA) is 43.1 Å². The van der Waals surface area contributed by atoms with Crippen molar-refractivity contribution in [1.82, 2.24) is 0 Å². The van der Waals surface area contributed by atoms with Crippen LogP contribution in [-0.2, 0) is 0 Å². The quantitative estimate of drug-likeness (QED) is 0.804. The van der Waals surface area contributed by atoms with Crippen LogP contribution in [0.15, 0.2) is 30.3 Å². The Morgan fingerprint density at radius 1 is 1.25 bits per heavy atom. The summed E-state index contributed by atoms with van der Waals surface area (Å²) >= 11 is 1.48. The molecule has 0 bridgehead atoms. The van der Waals surface area contributed by atoms with E-state index < -0.39 is 0 Å². The van der Waals surface area contributed by atoms with Crippen LogP contribution in [0.4, 0.5) is 5.00 Å². The standard InChI is InChI=1S/C13H13NOS/c1-8-11(9(2)15)13(14)16-12(8)10-6-4-3-5-7-10/h3-7H,14H2,1-2H3. The fraction of sp³-hybridized carbons (Fsp3) is 0.154. The first-order chi connectivity index (χ1) is 7.61. The van der Waals surface area contributed by atoms with Gasteiger partial charge in [-0.3, -0.25) is 4.79 Å². The van der Waals surface area contributed by atoms with Crippen LogP contribution in [0.1, 0.15) is 22.8 Å². The Bertz CT molecular complexity index is 528. The Morgan fingerprint density at radius 3 is 2.38 bits per heavy atom. The first kappa shape index (κ1) is 10.9. The van der Waals surface area contributed by atoms with Crippen molar-refractivity contribution >= 4 is 22.1 Å². The van der Waals surface area contributed by atoms with Crippen LogP contribution in [-0.4, -0.2) is 5.78 Å². The summed E-state index contributed by atoms with van der Waals surface area (Å²) in [6, 6.07) is 10.0. The number of hydrogen-bond acceptors (Lipinski definition) is 3. The zero-order valence-corrected chi connectivity index (χ0v) is 10.1. The molecule has 0 atom stereocenters. The van der Waals surface area contributed by atoms with Gasteiger partial charge in [-0.1, -0.05) is 30.3 Å². The molecule has 0 amide bonds. The Hall–Kier alpha value is -1.61. The van der Waals surface area contributed by atoms with Gasteiger partial charge < -0.3 is 5.73 Å². The maximum atomic E-state index is 11.5. The number of carbonyl (C=O) groups is 1. The molecule has 3 heteroatoms. The first-order valence-electron chi connectivity index (χ1n) is 5.06. The number of rotatable bonds is 2. The molecule has 2 aromatic rings. The Morgan fingerprint density at radius 2 is 1.88 bits per heavy atom. The largest absolute Gasteiger partial charge is 0.390 e. The molecule has 0 fully saturated rings. The lowest BCUT2D eigenvalue weighted by Crippen LogP contribution is -1.97. The number of nitrogens with two attached hydrogens (primary N) is 1. The highest BCUT2D eigenvalue weighted by atomic mass is 32.1. The van der Waals surface area contributed by atoms with E-state index in [1.807, 2.05) is 37.3 Å². The van der Waals surface area contributed by atoms with Crippen molar-refractivity contribution in [2.75, 3.05) is 5.73 Å². The molecule has 0 radical (unpaired) electrons. The molecule has 0 aliphatic heterocycles. The van der Waals surface area contributed by atoms with Gasteiger partial charge in [-0.25, -0.2) is 0 Å². The van der Waals surface area contributed by atoms with Gasteiger partial charge in [-0.05, 0) is 25.0 Å². The summed E-state index contributed by atoms with van der Waals surface area (Å²) < 4.78 is 0. The van der Waals surface area contributed by atoms with E-state index in [0.29, 0.717) is 10.6 Å². The van der Waals surface area contributed by atoms with E-state index in [9.17, 15) is 4.79 Å². The third-order valence-corrected chi connectivity index (χ3v) is 3.73. The smallest absolute Gasteiger partial charge is 0.163 e. The average molecular weight is 231 g/mol. The lowest BCUT2D eigenvalue weighted by Gasteiger charge is -1.99. The van der Waals surface area contributed by atoms with E-state index in [0.717, 1.165) is 16.0 Å². The van der Waals surface area contributed by atoms with E-state index >= 15 is 0 Å². The molecule has 2 rings (SSSR count). The number of anilines is 1. The number of hydrogen-bond donors (Lipinski definition) is 1. The van der Waals surface area contributed by atoms with Crippen LogP contribution in [0.2, 0.25) is 0 Å². The molecule has 0 unspecified atom stereocenters. The van der Waals surface area contributed by atoms with Gasteiger partial charge in [0.1, 0.15) is 0 Å². The second-order valence-electron chi connectivity index (χ2n) is 3.72. The maximum absolute atomic E-state index is 11.5. The number of nitrogen functional groups attached to an aromatic ring is 1. The predicted molar refractivity (Wildman–Crippen MR) is 68.9 cm³/mol. The van der Waals surface area contributed by atoms with Crippen molar-refractivity contribution in [1.29, 1.82) is 0 Å². The van der Waals surface area contributed by atoms with Gasteiger partial charge >= 0.3 is 0 Å². The molecule has 0 saturated carbocycles. The Kier molecular flexibility index (Phi) is 2.79. The van der Waals surface area contributed by atoms with E-state index in [1.54, 1.807) is 6.92 Å². The lowest BCUT2D eigenvalue weighted by molar-refractivity contribution is 0.101. The van der Waals surface area contributed by atoms with E-state index in [-0.39, 0.29) is 5.78 Å². The second kappa shape index (κ2) is 4.10. The number of carbonyl (C=O) groups excluding carboxylic acids is 1. The van der Waals surface area contributed by atoms with Crippen molar-refractivity contribution in [3.05, 3.63) is 41.5 Å². The van der Waals surface area contributed by atoms with E-state index in [2.05, 4.69) is 0 Å². The number of benzene rings is 1. The molecule has 2 N–H and O–H groups in total. The van der Waals surface area contributed by atoms with Crippen molar-refractivity contribution in [3.63, 3.8) is 0 Å². The number of thiophene rings is 1. The van der Waals surface area contributed by atoms with Crippen molar-refractivity contribution in [3.8, 4) is 10.4 Å². The fourth-order valence-electron chi connectivity index (χ4n) is 1.84. The molecule has 1 heterocycles. The molecule has 1 aromatic heterocycles. The molecule has 0 spiro atoms. The Labute approximate surface area is 98.7 Å². The third-order valence-electron chi connectivity index (χ3n) is 2.56. The minimum Gasteiger partial charge on any atom is -0.390 e. The van der Waals surface area contributed by atoms with Gasteiger partial charge in [0.05, 0.1) is 10.6 Å². The summed E-state index contributed by atoms with van der Waals surface area (Å²) in [5.74, 6) is 0.0356. The van der Waals surface area contributed by atoms with Gasteiger partial charge in [0.2, 0.25) is 0 Å². The van der Waals surface area contributed by atoms with E-state index in [1.165, 1.54) is 11.3 Å². The van der Waals surface area contributed by atoms with Gasteiger partial charge in [-0.15, -0.1) is 11.3 Å². The summed E-state index contributed by atoms with van der Waals surface area (Å²) in [7, 11) is 0. The SMILES string of the molecule is CC(=O)c1c(N)sc(-c2ccccc2)c1C. The minimum absolute atomic E-state index is 0.0356. The molecule has 82 valence electrons. The molecule has 0 saturated heterocycles. The van der Waals surface area contributed by atoms with Gasteiger partial charge in [0, 0.05) is 4.88 Å². The summed E-state index contributed by atoms with van der Waals surface area (Å²) in [6.07, 6.45) is 0. The zero-order valence-electron chi connectivity index (χ0n) is 9.28. The fourth-order valence-corrected chi connectivity index (χ4v) is 2.97. The zero-order chi connectivity index (χ0) is 11.7. The highest BCUT2D eigenvalue weighted by molar-refractivity contribution is 7.19. The lowest BCUT2D eigenvalue weighted by atomic mass is 10.0. The van der Waals surface area contributed by atoms with Crippen molar-refractivity contribution in [2.24, 2.45) is 0 Å². The van der Waals surface area contributed by atoms with E-state index in [4.69, 9.17) is 5.73 Å². The summed E-state index contributed by atoms with van der Waals surface area (Å²) in [5.41, 5.74) is 8.65. The molecule has 16 heavy (non-hydrogen) atoms. The van der Waals surface area contributed by atoms with Gasteiger partial charge in [-0.2, -0.15) is 0 Å². The molecule has 0 aliphatic rings. The normalized spacial score (nSPS) is 10.4. The number of ketones is 1. The van der Waals surface area contributed by atoms with Crippen LogP contribution in [0, 0.1) is 6.92 Å². The maximum Gasteiger partial charge on any atom is 0.163 e. The molecular formula is C13H13NOS. The molecule has 2 nitrogen and oxygen atoms in total. The summed E-state index contributed by atoms with van der Waals surface area (Å²) in [6.45, 7) is 3.51. The van der Waals surface area contributed by atoms with Crippen LogP contribution >= 0.6 is 11.3 Å². The van der Waals surface area contributed by atoms with Gasteiger partial charge in [0.25, 0.3) is 0 Å². The van der Waals surface area contributed by atoms with Crippen LogP contribution in [0.5, 0.6) is 0 Å². The number of Topliss-reactive ketones (excluding diaryl/α,β-unsaturated/α-hetero) is 1. The average Bonchev–Trinajstić information content (AvgIpc) is 2.55. The summed E-state index contributed by atoms with van der Waals surface area (Å²) in [4.78, 5) is 12.5. The third kappa shape index (κ3) is 1.74. The van der Waals surface area contributed by atoms with Crippen LogP contribution in [0.25, 0.3) is 10.4 Å². The predicted octanol–water partition coefficient (Wildman–Crippen LogP) is 3.51. The monoisotopic (exact) mass is 231 g/mol. The first-order valence-corrected chi connectivity index (χ1v) is 5.88. The molecular weight excluding hydrogens is 218 g/mol. The minimum atomic E-state index is 0.0356. The van der Waals surface area contributed by atoms with Crippen molar-refractivity contribution in [2.45, 2.75) is 13.8 Å². The Balaban J connectivity index is 2.61. The highest BCUT2D eigenvalue weighted by Crippen LogP contribution is 2.38. The molecule has 0 aliphatic carbocycles. The second-order valence-corrected chi connectivity index (χ2v) is 4.77. The van der Waals surface area contributed by atoms with Gasteiger partial charge in [0.15, 0.2) is 5.78 Å². The summed E-state index contributed by atoms with van der Waals surface area (Å²) in [5, 5.41) is 0.615. The highest BCUT2D eigenvalue weighted by Gasteiger charge is 2.16. The molecule has 1 aromatic carbocycles. The van der Waals surface area contributed by atoms with Crippen molar-refractivity contribution < 1.29 is 4.79 Å².